The van der Waals surface area contributed by atoms with Gasteiger partial charge in [0.2, 0.25) is 0 Å². The molecule has 1 aliphatic carbocycles. The SMILES string of the molecule is COC(=O)[C@@H]1C(=O)[C@]2(Cc3c(ccc4ccccc34)N(COC(C)C)C2)C(=O)CC1(C)C. The highest BCUT2D eigenvalue weighted by molar-refractivity contribution is 6.18. The van der Waals surface area contributed by atoms with Crippen LogP contribution in [-0.2, 0) is 30.3 Å². The molecule has 0 unspecified atom stereocenters. The fourth-order valence-corrected chi connectivity index (χ4v) is 5.28. The maximum Gasteiger partial charge on any atom is 0.316 e. The van der Waals surface area contributed by atoms with Crippen molar-refractivity contribution in [2.75, 3.05) is 25.3 Å². The Hall–Kier alpha value is -2.73. The molecule has 32 heavy (non-hydrogen) atoms. The van der Waals surface area contributed by atoms with Crippen LogP contribution in [0, 0.1) is 16.7 Å². The van der Waals surface area contributed by atoms with Gasteiger partial charge in [-0.3, -0.25) is 14.4 Å². The number of fused-ring (bicyclic) bond motifs is 3. The minimum atomic E-state index is -1.30. The van der Waals surface area contributed by atoms with Crippen LogP contribution >= 0.6 is 0 Å². The maximum atomic E-state index is 14.0. The molecule has 1 spiro atoms. The third-order valence-electron chi connectivity index (χ3n) is 6.96. The molecular formula is C26H31NO5. The van der Waals surface area contributed by atoms with Crippen LogP contribution in [0.15, 0.2) is 36.4 Å². The minimum Gasteiger partial charge on any atom is -0.468 e. The van der Waals surface area contributed by atoms with Crippen LogP contribution in [0.4, 0.5) is 5.69 Å². The highest BCUT2D eigenvalue weighted by Gasteiger charge is 2.61. The fraction of sp³-hybridized carbons (Fsp3) is 0.500. The summed E-state index contributed by atoms with van der Waals surface area (Å²) in [5.74, 6) is -1.99. The topological polar surface area (TPSA) is 72.9 Å². The highest BCUT2D eigenvalue weighted by Crippen LogP contribution is 2.50. The molecule has 1 heterocycles. The van der Waals surface area contributed by atoms with Gasteiger partial charge in [0.05, 0.1) is 13.2 Å². The normalized spacial score (nSPS) is 24.8. The van der Waals surface area contributed by atoms with Crippen molar-refractivity contribution in [3.05, 3.63) is 42.0 Å². The maximum absolute atomic E-state index is 14.0. The lowest BCUT2D eigenvalue weighted by Crippen LogP contribution is -2.62. The molecule has 0 bridgehead atoms. The van der Waals surface area contributed by atoms with E-state index >= 15 is 0 Å². The van der Waals surface area contributed by atoms with Crippen molar-refractivity contribution in [3.8, 4) is 0 Å². The molecule has 2 aliphatic rings. The van der Waals surface area contributed by atoms with Crippen LogP contribution in [0.3, 0.4) is 0 Å². The number of esters is 1. The Bertz CT molecular complexity index is 1090. The van der Waals surface area contributed by atoms with Crippen LogP contribution < -0.4 is 4.90 Å². The Labute approximate surface area is 188 Å². The van der Waals surface area contributed by atoms with Crippen molar-refractivity contribution < 1.29 is 23.9 Å². The van der Waals surface area contributed by atoms with Crippen molar-refractivity contribution in [2.45, 2.75) is 46.6 Å². The molecule has 1 aliphatic heterocycles. The molecule has 4 rings (SSSR count). The smallest absolute Gasteiger partial charge is 0.316 e. The lowest BCUT2D eigenvalue weighted by Gasteiger charge is -2.49. The number of ketones is 2. The molecule has 2 atom stereocenters. The number of carbonyl (C=O) groups is 3. The zero-order valence-corrected chi connectivity index (χ0v) is 19.4. The third-order valence-corrected chi connectivity index (χ3v) is 6.96. The summed E-state index contributed by atoms with van der Waals surface area (Å²) in [6, 6.07) is 12.1. The molecular weight excluding hydrogens is 406 g/mol. The Morgan fingerprint density at radius 2 is 1.84 bits per heavy atom. The van der Waals surface area contributed by atoms with E-state index < -0.39 is 22.7 Å². The number of methoxy groups -OCH3 is 1. The number of benzene rings is 2. The Morgan fingerprint density at radius 3 is 2.53 bits per heavy atom. The largest absolute Gasteiger partial charge is 0.468 e. The highest BCUT2D eigenvalue weighted by atomic mass is 16.5. The van der Waals surface area contributed by atoms with Gasteiger partial charge in [0.25, 0.3) is 0 Å². The first-order chi connectivity index (χ1) is 15.1. The number of hydrogen-bond acceptors (Lipinski definition) is 6. The summed E-state index contributed by atoms with van der Waals surface area (Å²) >= 11 is 0. The first-order valence-electron chi connectivity index (χ1n) is 11.1. The third kappa shape index (κ3) is 3.51. The van der Waals surface area contributed by atoms with Crippen molar-refractivity contribution in [1.82, 2.24) is 0 Å². The molecule has 6 heteroatoms. The van der Waals surface area contributed by atoms with Gasteiger partial charge in [-0.15, -0.1) is 0 Å². The van der Waals surface area contributed by atoms with Crippen LogP contribution in [0.1, 0.15) is 39.7 Å². The molecule has 1 fully saturated rings. The first-order valence-corrected chi connectivity index (χ1v) is 11.1. The van der Waals surface area contributed by atoms with E-state index in [0.717, 1.165) is 22.0 Å². The molecule has 0 amide bonds. The average molecular weight is 438 g/mol. The molecule has 0 radical (unpaired) electrons. The van der Waals surface area contributed by atoms with E-state index in [1.807, 2.05) is 49.1 Å². The second kappa shape index (κ2) is 8.00. The summed E-state index contributed by atoms with van der Waals surface area (Å²) in [5.41, 5.74) is -0.168. The van der Waals surface area contributed by atoms with E-state index in [-0.39, 0.29) is 43.8 Å². The van der Waals surface area contributed by atoms with Gasteiger partial charge >= 0.3 is 5.97 Å². The van der Waals surface area contributed by atoms with E-state index in [9.17, 15) is 14.4 Å². The minimum absolute atomic E-state index is 0.00343. The number of hydrogen-bond donors (Lipinski definition) is 0. The predicted octanol–water partition coefficient (Wildman–Crippen LogP) is 3.93. The Balaban J connectivity index is 1.88. The number of rotatable bonds is 4. The lowest BCUT2D eigenvalue weighted by atomic mass is 9.55. The fourth-order valence-electron chi connectivity index (χ4n) is 5.28. The summed E-state index contributed by atoms with van der Waals surface area (Å²) in [6.45, 7) is 7.96. The summed E-state index contributed by atoms with van der Waals surface area (Å²) in [4.78, 5) is 42.3. The molecule has 2 aromatic carbocycles. The van der Waals surface area contributed by atoms with Gasteiger partial charge < -0.3 is 14.4 Å². The quantitative estimate of drug-likeness (QED) is 0.533. The average Bonchev–Trinajstić information content (AvgIpc) is 2.75. The van der Waals surface area contributed by atoms with Crippen LogP contribution in [0.25, 0.3) is 10.8 Å². The Kier molecular flexibility index (Phi) is 5.61. The molecule has 0 aromatic heterocycles. The van der Waals surface area contributed by atoms with Crippen molar-refractivity contribution in [2.24, 2.45) is 16.7 Å². The molecule has 0 N–H and O–H groups in total. The molecule has 2 aromatic rings. The van der Waals surface area contributed by atoms with Crippen LogP contribution in [0.5, 0.6) is 0 Å². The number of anilines is 1. The van der Waals surface area contributed by atoms with Gasteiger partial charge in [-0.1, -0.05) is 44.2 Å². The standard InChI is InChI=1S/C26H31NO5/c1-16(2)32-15-27-14-26(12-19-18-9-7-6-8-17(18)10-11-20(19)27)21(28)13-25(3,4)22(23(26)29)24(30)31-5/h6-11,16,22H,12-15H2,1-5H3/t22-,26-/m0/s1. The molecule has 0 saturated heterocycles. The lowest BCUT2D eigenvalue weighted by molar-refractivity contribution is -0.165. The first kappa shape index (κ1) is 22.5. The number of ether oxygens (including phenoxy) is 2. The van der Waals surface area contributed by atoms with E-state index in [1.54, 1.807) is 13.8 Å². The molecule has 1 saturated carbocycles. The van der Waals surface area contributed by atoms with Gasteiger partial charge in [-0.25, -0.2) is 0 Å². The van der Waals surface area contributed by atoms with E-state index in [0.29, 0.717) is 0 Å². The van der Waals surface area contributed by atoms with Crippen molar-refractivity contribution in [3.63, 3.8) is 0 Å². The van der Waals surface area contributed by atoms with Gasteiger partial charge in [0.1, 0.15) is 23.8 Å². The summed E-state index contributed by atoms with van der Waals surface area (Å²) in [6.07, 6.45) is 0.428. The van der Waals surface area contributed by atoms with E-state index in [4.69, 9.17) is 9.47 Å². The Morgan fingerprint density at radius 1 is 1.12 bits per heavy atom. The zero-order chi connectivity index (χ0) is 23.3. The predicted molar refractivity (Wildman–Crippen MR) is 122 cm³/mol. The summed E-state index contributed by atoms with van der Waals surface area (Å²) in [5, 5.41) is 2.06. The van der Waals surface area contributed by atoms with Crippen molar-refractivity contribution in [1.29, 1.82) is 0 Å². The van der Waals surface area contributed by atoms with Crippen LogP contribution in [0.2, 0.25) is 0 Å². The van der Waals surface area contributed by atoms with Gasteiger partial charge in [0, 0.05) is 18.7 Å². The van der Waals surface area contributed by atoms with E-state index in [2.05, 4.69) is 6.07 Å². The van der Waals surface area contributed by atoms with Gasteiger partial charge in [-0.05, 0) is 48.1 Å². The monoisotopic (exact) mass is 437 g/mol. The second-order valence-corrected chi connectivity index (χ2v) is 9.99. The van der Waals surface area contributed by atoms with Crippen molar-refractivity contribution >= 4 is 34.0 Å². The summed E-state index contributed by atoms with van der Waals surface area (Å²) < 4.78 is 10.9. The van der Waals surface area contributed by atoms with Crippen LogP contribution in [-0.4, -0.2) is 44.0 Å². The molecule has 6 nitrogen and oxygen atoms in total. The zero-order valence-electron chi connectivity index (χ0n) is 19.4. The number of nitrogens with zero attached hydrogens (tertiary/aromatic N) is 1. The van der Waals surface area contributed by atoms with Gasteiger partial charge in [0.15, 0.2) is 5.78 Å². The number of carbonyl (C=O) groups excluding carboxylic acids is 3. The molecule has 170 valence electrons. The second-order valence-electron chi connectivity index (χ2n) is 9.99. The number of Topliss-reactive ketones (excluding diaryl/α,β-unsaturated/α-hetero) is 2. The van der Waals surface area contributed by atoms with Gasteiger partial charge in [-0.2, -0.15) is 0 Å². The van der Waals surface area contributed by atoms with E-state index in [1.165, 1.54) is 7.11 Å². The summed E-state index contributed by atoms with van der Waals surface area (Å²) in [7, 11) is 1.29.